The van der Waals surface area contributed by atoms with Gasteiger partial charge in [-0.05, 0) is 30.7 Å². The van der Waals surface area contributed by atoms with Gasteiger partial charge in [-0.3, -0.25) is 9.59 Å². The number of hydrogen-bond donors (Lipinski definition) is 1. The minimum absolute atomic E-state index is 0.112. The fraction of sp³-hybridized carbons (Fsp3) is 0.542. The Balaban J connectivity index is 2.33. The van der Waals surface area contributed by atoms with Gasteiger partial charge in [0, 0.05) is 12.6 Å². The predicted molar refractivity (Wildman–Crippen MR) is 117 cm³/mol. The first kappa shape index (κ1) is 23.6. The van der Waals surface area contributed by atoms with Crippen LogP contribution in [0.2, 0.25) is 0 Å². The maximum absolute atomic E-state index is 13.3. The van der Waals surface area contributed by atoms with Crippen LogP contribution in [0.5, 0.6) is 0 Å². The van der Waals surface area contributed by atoms with Crippen LogP contribution in [-0.4, -0.2) is 42.4 Å². The molecule has 0 radical (unpaired) electrons. The largest absolute Gasteiger partial charge is 0.467 e. The van der Waals surface area contributed by atoms with Gasteiger partial charge in [-0.15, -0.1) is 0 Å². The monoisotopic (exact) mass is 414 g/mol. The smallest absolute Gasteiger partial charge is 0.333 e. The Bertz CT molecular complexity index is 760. The summed E-state index contributed by atoms with van der Waals surface area (Å²) in [5.41, 5.74) is 0.732. The summed E-state index contributed by atoms with van der Waals surface area (Å²) < 4.78 is 4.88. The van der Waals surface area contributed by atoms with Gasteiger partial charge in [0.05, 0.1) is 7.11 Å². The van der Waals surface area contributed by atoms with Crippen molar-refractivity contribution in [3.05, 3.63) is 47.5 Å². The van der Waals surface area contributed by atoms with Crippen molar-refractivity contribution in [3.8, 4) is 0 Å². The number of esters is 1. The maximum Gasteiger partial charge on any atom is 0.333 e. The molecule has 164 valence electrons. The van der Waals surface area contributed by atoms with Gasteiger partial charge in [0.25, 0.3) is 11.8 Å². The van der Waals surface area contributed by atoms with Crippen LogP contribution in [0, 0.1) is 5.92 Å². The van der Waals surface area contributed by atoms with E-state index in [2.05, 4.69) is 26.1 Å². The zero-order valence-corrected chi connectivity index (χ0v) is 18.5. The number of hydrogen-bond acceptors (Lipinski definition) is 4. The number of benzene rings is 1. The Morgan fingerprint density at radius 3 is 2.40 bits per heavy atom. The molecule has 6 nitrogen and oxygen atoms in total. The van der Waals surface area contributed by atoms with Gasteiger partial charge < -0.3 is 15.0 Å². The van der Waals surface area contributed by atoms with Crippen LogP contribution < -0.4 is 5.32 Å². The Hall–Kier alpha value is -2.63. The van der Waals surface area contributed by atoms with E-state index in [1.165, 1.54) is 7.11 Å². The first-order valence-corrected chi connectivity index (χ1v) is 10.9. The zero-order valence-electron chi connectivity index (χ0n) is 18.5. The normalized spacial score (nSPS) is 19.8. The molecule has 3 atom stereocenters. The van der Waals surface area contributed by atoms with E-state index in [1.54, 1.807) is 30.3 Å². The van der Waals surface area contributed by atoms with Gasteiger partial charge in [0.15, 0.2) is 6.04 Å². The fourth-order valence-corrected chi connectivity index (χ4v) is 4.01. The van der Waals surface area contributed by atoms with Crippen molar-refractivity contribution in [1.82, 2.24) is 10.2 Å². The van der Waals surface area contributed by atoms with E-state index in [1.807, 2.05) is 11.0 Å². The number of amides is 2. The quantitative estimate of drug-likeness (QED) is 0.467. The molecular formula is C24H34N2O4. The minimum Gasteiger partial charge on any atom is -0.467 e. The van der Waals surface area contributed by atoms with Gasteiger partial charge in [0.1, 0.15) is 5.57 Å². The predicted octanol–water partition coefficient (Wildman–Crippen LogP) is 3.78. The molecule has 0 saturated carbocycles. The van der Waals surface area contributed by atoms with E-state index < -0.39 is 17.9 Å². The summed E-state index contributed by atoms with van der Waals surface area (Å²) in [6, 6.07) is 8.06. The molecule has 1 N–H and O–H groups in total. The van der Waals surface area contributed by atoms with E-state index >= 15 is 0 Å². The summed E-state index contributed by atoms with van der Waals surface area (Å²) in [5, 5.41) is 2.72. The van der Waals surface area contributed by atoms with E-state index in [-0.39, 0.29) is 23.4 Å². The second-order valence-corrected chi connectivity index (χ2v) is 7.70. The summed E-state index contributed by atoms with van der Waals surface area (Å²) >= 11 is 0. The van der Waals surface area contributed by atoms with Crippen LogP contribution in [0.15, 0.2) is 42.0 Å². The molecule has 1 aromatic carbocycles. The molecule has 2 rings (SSSR count). The maximum atomic E-state index is 13.3. The molecule has 0 aliphatic carbocycles. The number of nitrogens with zero attached hydrogens (tertiary/aromatic N) is 1. The van der Waals surface area contributed by atoms with Crippen LogP contribution in [0.1, 0.15) is 64.5 Å². The molecule has 1 aliphatic heterocycles. The number of rotatable bonds is 10. The molecule has 1 heterocycles. The number of methoxy groups -OCH3 is 1. The Morgan fingerprint density at radius 1 is 1.13 bits per heavy atom. The van der Waals surface area contributed by atoms with Gasteiger partial charge in [0.2, 0.25) is 0 Å². The van der Waals surface area contributed by atoms with E-state index in [4.69, 9.17) is 4.74 Å². The van der Waals surface area contributed by atoms with E-state index in [9.17, 15) is 14.4 Å². The van der Waals surface area contributed by atoms with Crippen LogP contribution in [-0.2, 0) is 19.1 Å². The van der Waals surface area contributed by atoms with Crippen molar-refractivity contribution in [2.45, 2.75) is 65.0 Å². The molecule has 0 aromatic heterocycles. The highest BCUT2D eigenvalue weighted by atomic mass is 16.5. The first-order valence-electron chi connectivity index (χ1n) is 10.9. The molecule has 1 aliphatic rings. The summed E-state index contributed by atoms with van der Waals surface area (Å²) in [6.07, 6.45) is 6.41. The third-order valence-electron chi connectivity index (χ3n) is 5.66. The second kappa shape index (κ2) is 11.5. The summed E-state index contributed by atoms with van der Waals surface area (Å²) in [6.45, 7) is 6.92. The van der Waals surface area contributed by atoms with Crippen LogP contribution in [0.3, 0.4) is 0 Å². The molecule has 0 bridgehead atoms. The molecule has 0 spiro atoms. The molecule has 2 amide bonds. The van der Waals surface area contributed by atoms with Crippen LogP contribution in [0.25, 0.3) is 0 Å². The minimum atomic E-state index is -0.963. The Morgan fingerprint density at radius 2 is 1.83 bits per heavy atom. The second-order valence-electron chi connectivity index (χ2n) is 7.70. The lowest BCUT2D eigenvalue weighted by Crippen LogP contribution is -2.51. The Labute approximate surface area is 179 Å². The summed E-state index contributed by atoms with van der Waals surface area (Å²) in [5.74, 6) is -1.24. The van der Waals surface area contributed by atoms with Crippen molar-refractivity contribution >= 4 is 17.8 Å². The van der Waals surface area contributed by atoms with Gasteiger partial charge in [-0.1, -0.05) is 70.0 Å². The van der Waals surface area contributed by atoms with E-state index in [0.717, 1.165) is 32.1 Å². The standard InChI is InChI=1S/C24H34N2O4/c1-5-8-15-26-20(12-6-2)17(7-3)16-19(23(26)28)22(27)25-21(24(29)30-4)18-13-10-9-11-14-18/h9-11,13-14,16-17,20-21H,5-8,12,15H2,1-4H3,(H,25,27)/t17?,20?,21-/m1/s1. The topological polar surface area (TPSA) is 75.7 Å². The van der Waals surface area contributed by atoms with Crippen molar-refractivity contribution in [3.63, 3.8) is 0 Å². The number of carbonyl (C=O) groups excluding carboxylic acids is 3. The van der Waals surface area contributed by atoms with Gasteiger partial charge in [-0.25, -0.2) is 4.79 Å². The number of nitrogens with one attached hydrogen (secondary N) is 1. The lowest BCUT2D eigenvalue weighted by molar-refractivity contribution is -0.145. The van der Waals surface area contributed by atoms with Crippen molar-refractivity contribution < 1.29 is 19.1 Å². The number of ether oxygens (including phenoxy) is 1. The molecule has 1 aromatic rings. The highest BCUT2D eigenvalue weighted by Gasteiger charge is 2.38. The van der Waals surface area contributed by atoms with Crippen molar-refractivity contribution in [1.29, 1.82) is 0 Å². The highest BCUT2D eigenvalue weighted by Crippen LogP contribution is 2.30. The highest BCUT2D eigenvalue weighted by molar-refractivity contribution is 6.19. The van der Waals surface area contributed by atoms with Crippen LogP contribution in [0.4, 0.5) is 0 Å². The van der Waals surface area contributed by atoms with Gasteiger partial charge >= 0.3 is 5.97 Å². The molecule has 6 heteroatoms. The van der Waals surface area contributed by atoms with Crippen LogP contribution >= 0.6 is 0 Å². The summed E-state index contributed by atoms with van der Waals surface area (Å²) in [4.78, 5) is 40.6. The third kappa shape index (κ3) is 5.49. The van der Waals surface area contributed by atoms with E-state index in [0.29, 0.717) is 12.1 Å². The lowest BCUT2D eigenvalue weighted by Gasteiger charge is -2.40. The number of unbranched alkanes of at least 4 members (excludes halogenated alkanes) is 1. The zero-order chi connectivity index (χ0) is 22.1. The summed E-state index contributed by atoms with van der Waals surface area (Å²) in [7, 11) is 1.28. The number of carbonyl (C=O) groups is 3. The SMILES string of the molecule is CCCCN1C(=O)C(C(=O)N[C@@H](C(=O)OC)c2ccccc2)=CC(CC)C1CCC. The third-order valence-corrected chi connectivity index (χ3v) is 5.66. The van der Waals surface area contributed by atoms with Gasteiger partial charge in [-0.2, -0.15) is 0 Å². The molecule has 30 heavy (non-hydrogen) atoms. The molecular weight excluding hydrogens is 380 g/mol. The average Bonchev–Trinajstić information content (AvgIpc) is 2.77. The Kier molecular flexibility index (Phi) is 9.09. The average molecular weight is 415 g/mol. The lowest BCUT2D eigenvalue weighted by atomic mass is 9.85. The molecule has 2 unspecified atom stereocenters. The first-order chi connectivity index (χ1) is 14.5. The fourth-order valence-electron chi connectivity index (χ4n) is 4.01. The molecule has 0 fully saturated rings. The van der Waals surface area contributed by atoms with Crippen molar-refractivity contribution in [2.24, 2.45) is 5.92 Å². The van der Waals surface area contributed by atoms with Crippen molar-refractivity contribution in [2.75, 3.05) is 13.7 Å². The molecule has 0 saturated heterocycles.